The highest BCUT2D eigenvalue weighted by Crippen LogP contribution is 2.33. The summed E-state index contributed by atoms with van der Waals surface area (Å²) in [6.45, 7) is 0. The maximum atomic E-state index is 13.1. The van der Waals surface area contributed by atoms with E-state index in [-0.39, 0.29) is 11.1 Å². The molecule has 8 heteroatoms. The van der Waals surface area contributed by atoms with Crippen molar-refractivity contribution in [2.75, 3.05) is 5.75 Å². The second-order valence-electron chi connectivity index (χ2n) is 5.22. The Labute approximate surface area is 135 Å². The molecule has 0 saturated carbocycles. The van der Waals surface area contributed by atoms with E-state index in [4.69, 9.17) is 0 Å². The van der Waals surface area contributed by atoms with Gasteiger partial charge in [-0.25, -0.2) is 17.2 Å². The number of hydrogen-bond donors (Lipinski definition) is 0. The Morgan fingerprint density at radius 3 is 1.50 bits per heavy atom. The van der Waals surface area contributed by atoms with E-state index < -0.39 is 45.1 Å². The Kier molecular flexibility index (Phi) is 5.27. The van der Waals surface area contributed by atoms with Crippen molar-refractivity contribution in [2.45, 2.75) is 17.8 Å². The van der Waals surface area contributed by atoms with E-state index in [9.17, 15) is 30.4 Å². The Bertz CT molecular complexity index is 735. The molecule has 24 heavy (non-hydrogen) atoms. The summed E-state index contributed by atoms with van der Waals surface area (Å²) in [7, 11) is -4.25. The summed E-state index contributed by atoms with van der Waals surface area (Å²) in [4.78, 5) is 0. The zero-order valence-corrected chi connectivity index (χ0v) is 13.0. The van der Waals surface area contributed by atoms with E-state index in [1.54, 1.807) is 0 Å². The second-order valence-corrected chi connectivity index (χ2v) is 7.42. The van der Waals surface area contributed by atoms with Crippen molar-refractivity contribution < 1.29 is 30.4 Å². The van der Waals surface area contributed by atoms with Gasteiger partial charge in [-0.05, 0) is 35.4 Å². The number of sulfone groups is 1. The van der Waals surface area contributed by atoms with Crippen LogP contribution in [0.4, 0.5) is 22.0 Å². The van der Waals surface area contributed by atoms with Gasteiger partial charge in [0.1, 0.15) is 16.9 Å². The zero-order chi connectivity index (χ0) is 18.0. The van der Waals surface area contributed by atoms with Gasteiger partial charge in [-0.2, -0.15) is 13.2 Å². The third-order valence-electron chi connectivity index (χ3n) is 3.37. The van der Waals surface area contributed by atoms with Crippen LogP contribution >= 0.6 is 0 Å². The van der Waals surface area contributed by atoms with Gasteiger partial charge in [0.25, 0.3) is 0 Å². The lowest BCUT2D eigenvalue weighted by Crippen LogP contribution is -2.22. The molecular formula is C16H13F5O2S. The first kappa shape index (κ1) is 18.4. The number of hydrogen-bond acceptors (Lipinski definition) is 2. The van der Waals surface area contributed by atoms with Gasteiger partial charge >= 0.3 is 6.18 Å². The van der Waals surface area contributed by atoms with Crippen LogP contribution in [0.3, 0.4) is 0 Å². The fraction of sp³-hybridized carbons (Fsp3) is 0.250. The smallest absolute Gasteiger partial charge is 0.228 e. The van der Waals surface area contributed by atoms with Gasteiger partial charge in [-0.3, -0.25) is 0 Å². The average Bonchev–Trinajstić information content (AvgIpc) is 2.49. The molecule has 0 atom stereocenters. The lowest BCUT2D eigenvalue weighted by Gasteiger charge is -2.19. The van der Waals surface area contributed by atoms with Gasteiger partial charge in [0.2, 0.25) is 0 Å². The van der Waals surface area contributed by atoms with Crippen molar-refractivity contribution in [3.63, 3.8) is 0 Å². The van der Waals surface area contributed by atoms with Crippen LogP contribution in [-0.2, 0) is 9.84 Å². The molecule has 0 aliphatic carbocycles. The van der Waals surface area contributed by atoms with Gasteiger partial charge < -0.3 is 0 Å². The number of alkyl halides is 3. The van der Waals surface area contributed by atoms with Crippen LogP contribution in [0.25, 0.3) is 0 Å². The van der Waals surface area contributed by atoms with Gasteiger partial charge in [0.05, 0.1) is 12.2 Å². The molecular weight excluding hydrogens is 351 g/mol. The lowest BCUT2D eigenvalue weighted by molar-refractivity contribution is -0.129. The minimum atomic E-state index is -4.62. The van der Waals surface area contributed by atoms with E-state index in [0.29, 0.717) is 0 Å². The van der Waals surface area contributed by atoms with Crippen molar-refractivity contribution in [3.05, 3.63) is 71.3 Å². The lowest BCUT2D eigenvalue weighted by atomic mass is 10.0. The maximum absolute atomic E-state index is 13.1. The summed E-state index contributed by atoms with van der Waals surface area (Å²) in [6, 6.07) is 8.83. The van der Waals surface area contributed by atoms with E-state index in [0.717, 1.165) is 24.3 Å². The standard InChI is InChI=1S/C16H13F5O2S/c17-13-5-1-11(2-6-13)15(12-3-7-14(18)8-4-12)24(22,23)10-9-16(19,20)21/h1-8,15H,9-10H2. The zero-order valence-electron chi connectivity index (χ0n) is 12.2. The fourth-order valence-corrected chi connectivity index (χ4v) is 4.15. The molecule has 0 bridgehead atoms. The van der Waals surface area contributed by atoms with Crippen LogP contribution in [0.2, 0.25) is 0 Å². The van der Waals surface area contributed by atoms with E-state index in [2.05, 4.69) is 0 Å². The van der Waals surface area contributed by atoms with Crippen molar-refractivity contribution >= 4 is 9.84 Å². The van der Waals surface area contributed by atoms with Crippen molar-refractivity contribution in [1.29, 1.82) is 0 Å². The molecule has 2 aromatic rings. The van der Waals surface area contributed by atoms with Crippen LogP contribution in [0.5, 0.6) is 0 Å². The van der Waals surface area contributed by atoms with Gasteiger partial charge in [0, 0.05) is 0 Å². The van der Waals surface area contributed by atoms with Crippen LogP contribution in [0.1, 0.15) is 22.8 Å². The van der Waals surface area contributed by atoms with Crippen LogP contribution in [0, 0.1) is 11.6 Å². The van der Waals surface area contributed by atoms with E-state index >= 15 is 0 Å². The monoisotopic (exact) mass is 364 g/mol. The number of rotatable bonds is 5. The van der Waals surface area contributed by atoms with Crippen LogP contribution in [0.15, 0.2) is 48.5 Å². The fourth-order valence-electron chi connectivity index (χ4n) is 2.26. The minimum absolute atomic E-state index is 0.116. The molecule has 2 rings (SSSR count). The minimum Gasteiger partial charge on any atom is -0.228 e. The summed E-state index contributed by atoms with van der Waals surface area (Å²) in [5.74, 6) is -2.33. The molecule has 0 radical (unpaired) electrons. The molecule has 0 N–H and O–H groups in total. The first-order valence-electron chi connectivity index (χ1n) is 6.88. The first-order valence-corrected chi connectivity index (χ1v) is 8.59. The highest BCUT2D eigenvalue weighted by molar-refractivity contribution is 7.91. The molecule has 0 aliphatic heterocycles. The maximum Gasteiger partial charge on any atom is 0.390 e. The summed E-state index contributed by atoms with van der Waals surface area (Å²) in [5, 5.41) is -1.43. The molecule has 0 spiro atoms. The third-order valence-corrected chi connectivity index (χ3v) is 5.41. The highest BCUT2D eigenvalue weighted by atomic mass is 32.2. The Morgan fingerprint density at radius 2 is 1.17 bits per heavy atom. The topological polar surface area (TPSA) is 34.1 Å². The Balaban J connectivity index is 2.46. The molecule has 0 aliphatic rings. The molecule has 130 valence electrons. The Morgan fingerprint density at radius 1 is 0.792 bits per heavy atom. The van der Waals surface area contributed by atoms with E-state index in [1.807, 2.05) is 0 Å². The summed E-state index contributed by atoms with van der Waals surface area (Å²) < 4.78 is 88.2. The van der Waals surface area contributed by atoms with Crippen molar-refractivity contribution in [1.82, 2.24) is 0 Å². The third kappa shape index (κ3) is 4.77. The number of benzene rings is 2. The van der Waals surface area contributed by atoms with Gasteiger partial charge in [-0.1, -0.05) is 24.3 Å². The molecule has 0 heterocycles. The predicted octanol–water partition coefficient (Wildman–Crippen LogP) is 4.42. The average molecular weight is 364 g/mol. The molecule has 2 nitrogen and oxygen atoms in total. The van der Waals surface area contributed by atoms with Gasteiger partial charge in [-0.15, -0.1) is 0 Å². The summed E-state index contributed by atoms with van der Waals surface area (Å²) >= 11 is 0. The summed E-state index contributed by atoms with van der Waals surface area (Å²) in [5.41, 5.74) is 0.232. The van der Waals surface area contributed by atoms with Crippen LogP contribution in [-0.4, -0.2) is 20.3 Å². The SMILES string of the molecule is O=S(=O)(CCC(F)(F)F)C(c1ccc(F)cc1)c1ccc(F)cc1. The molecule has 0 aromatic heterocycles. The first-order chi connectivity index (χ1) is 11.1. The molecule has 0 unspecified atom stereocenters. The quantitative estimate of drug-likeness (QED) is 0.736. The molecule has 0 amide bonds. The van der Waals surface area contributed by atoms with E-state index in [1.165, 1.54) is 24.3 Å². The number of halogens is 5. The predicted molar refractivity (Wildman–Crippen MR) is 79.1 cm³/mol. The summed E-state index contributed by atoms with van der Waals surface area (Å²) in [6.07, 6.45) is -6.11. The van der Waals surface area contributed by atoms with Crippen molar-refractivity contribution in [2.24, 2.45) is 0 Å². The highest BCUT2D eigenvalue weighted by Gasteiger charge is 2.35. The van der Waals surface area contributed by atoms with Crippen molar-refractivity contribution in [3.8, 4) is 0 Å². The molecule has 2 aromatic carbocycles. The largest absolute Gasteiger partial charge is 0.390 e. The van der Waals surface area contributed by atoms with Gasteiger partial charge in [0.15, 0.2) is 9.84 Å². The Hall–Kier alpha value is -1.96. The molecule has 0 saturated heterocycles. The van der Waals surface area contributed by atoms with Crippen LogP contribution < -0.4 is 0 Å². The second kappa shape index (κ2) is 6.88. The molecule has 0 fully saturated rings. The normalized spacial score (nSPS) is 12.6.